The first-order chi connectivity index (χ1) is 7.50. The van der Waals surface area contributed by atoms with E-state index in [1.54, 1.807) is 12.1 Å². The molecule has 1 rings (SSSR count). The molecule has 16 heavy (non-hydrogen) atoms. The number of allylic oxidation sites excluding steroid dienone is 1. The van der Waals surface area contributed by atoms with Gasteiger partial charge in [0.15, 0.2) is 11.5 Å². The van der Waals surface area contributed by atoms with Gasteiger partial charge in [-0.05, 0) is 37.5 Å². The molecule has 1 aromatic carbocycles. The van der Waals surface area contributed by atoms with Crippen LogP contribution in [-0.2, 0) is 11.2 Å². The summed E-state index contributed by atoms with van der Waals surface area (Å²) in [4.78, 5) is 10.5. The third kappa shape index (κ3) is 3.31. The highest BCUT2D eigenvalue weighted by atomic mass is 16.4. The van der Waals surface area contributed by atoms with Crippen molar-refractivity contribution in [3.63, 3.8) is 0 Å². The van der Waals surface area contributed by atoms with Crippen LogP contribution in [0.4, 0.5) is 0 Å². The average molecular weight is 222 g/mol. The first-order valence-electron chi connectivity index (χ1n) is 4.91. The molecule has 4 nitrogen and oxygen atoms in total. The lowest BCUT2D eigenvalue weighted by molar-refractivity contribution is -0.132. The highest BCUT2D eigenvalue weighted by Gasteiger charge is 2.01. The molecular formula is C12H14O4. The van der Waals surface area contributed by atoms with Crippen molar-refractivity contribution in [3.8, 4) is 11.5 Å². The van der Waals surface area contributed by atoms with Gasteiger partial charge in [-0.2, -0.15) is 0 Å². The molecule has 0 radical (unpaired) electrons. The van der Waals surface area contributed by atoms with Gasteiger partial charge in [0.2, 0.25) is 0 Å². The predicted molar refractivity (Wildman–Crippen MR) is 59.5 cm³/mol. The van der Waals surface area contributed by atoms with E-state index < -0.39 is 5.97 Å². The lowest BCUT2D eigenvalue weighted by atomic mass is 10.1. The molecule has 3 N–H and O–H groups in total. The highest BCUT2D eigenvalue weighted by Crippen LogP contribution is 2.25. The fraction of sp³-hybridized carbons (Fsp3) is 0.250. The molecule has 0 fully saturated rings. The van der Waals surface area contributed by atoms with E-state index in [9.17, 15) is 9.90 Å². The lowest BCUT2D eigenvalue weighted by Crippen LogP contribution is -1.96. The van der Waals surface area contributed by atoms with E-state index in [1.165, 1.54) is 19.1 Å². The van der Waals surface area contributed by atoms with Gasteiger partial charge in [0.25, 0.3) is 0 Å². The Bertz CT molecular complexity index is 421. The van der Waals surface area contributed by atoms with E-state index in [0.717, 1.165) is 5.56 Å². The molecule has 86 valence electrons. The molecule has 0 unspecified atom stereocenters. The summed E-state index contributed by atoms with van der Waals surface area (Å²) in [5.41, 5.74) is 1.16. The van der Waals surface area contributed by atoms with Crippen LogP contribution in [0, 0.1) is 0 Å². The van der Waals surface area contributed by atoms with Crippen LogP contribution in [0.2, 0.25) is 0 Å². The largest absolute Gasteiger partial charge is 0.504 e. The van der Waals surface area contributed by atoms with Crippen molar-refractivity contribution in [3.05, 3.63) is 35.4 Å². The molecule has 0 heterocycles. The van der Waals surface area contributed by atoms with E-state index in [4.69, 9.17) is 10.2 Å². The monoisotopic (exact) mass is 222 g/mol. The number of hydrogen-bond donors (Lipinski definition) is 3. The Balaban J connectivity index is 2.59. The van der Waals surface area contributed by atoms with Crippen LogP contribution in [-0.4, -0.2) is 21.3 Å². The molecule has 0 aliphatic rings. The summed E-state index contributed by atoms with van der Waals surface area (Å²) in [6.07, 6.45) is 2.84. The second-order valence-electron chi connectivity index (χ2n) is 3.55. The molecule has 0 spiro atoms. The third-order valence-electron chi connectivity index (χ3n) is 2.26. The van der Waals surface area contributed by atoms with Gasteiger partial charge in [0, 0.05) is 5.57 Å². The molecule has 0 aliphatic heterocycles. The third-order valence-corrected chi connectivity index (χ3v) is 2.26. The Morgan fingerprint density at radius 1 is 1.31 bits per heavy atom. The predicted octanol–water partition coefficient (Wildman–Crippen LogP) is 2.06. The van der Waals surface area contributed by atoms with Crippen molar-refractivity contribution in [2.24, 2.45) is 0 Å². The van der Waals surface area contributed by atoms with Crippen LogP contribution in [0.15, 0.2) is 29.8 Å². The van der Waals surface area contributed by atoms with Crippen LogP contribution in [0.1, 0.15) is 18.9 Å². The first kappa shape index (κ1) is 12.1. The number of aromatic hydroxyl groups is 2. The van der Waals surface area contributed by atoms with Gasteiger partial charge in [0.05, 0.1) is 0 Å². The van der Waals surface area contributed by atoms with Gasteiger partial charge in [0.1, 0.15) is 0 Å². The molecule has 4 heteroatoms. The van der Waals surface area contributed by atoms with Crippen molar-refractivity contribution in [1.82, 2.24) is 0 Å². The van der Waals surface area contributed by atoms with Gasteiger partial charge >= 0.3 is 5.97 Å². The maximum atomic E-state index is 10.5. The van der Waals surface area contributed by atoms with Gasteiger partial charge in [-0.1, -0.05) is 12.1 Å². The number of phenols is 2. The maximum Gasteiger partial charge on any atom is 0.330 e. The molecule has 0 amide bonds. The van der Waals surface area contributed by atoms with E-state index in [1.807, 2.05) is 0 Å². The van der Waals surface area contributed by atoms with Crippen molar-refractivity contribution >= 4 is 5.97 Å². The summed E-state index contributed by atoms with van der Waals surface area (Å²) in [5.74, 6) is -1.23. The Kier molecular flexibility index (Phi) is 3.94. The number of carbonyl (C=O) groups is 1. The van der Waals surface area contributed by atoms with Gasteiger partial charge in [-0.3, -0.25) is 0 Å². The molecule has 0 aliphatic carbocycles. The average Bonchev–Trinajstić information content (AvgIpc) is 2.23. The topological polar surface area (TPSA) is 77.8 Å². The van der Waals surface area contributed by atoms with E-state index in [2.05, 4.69) is 0 Å². The number of aliphatic carboxylic acids is 1. The zero-order valence-electron chi connectivity index (χ0n) is 8.97. The van der Waals surface area contributed by atoms with Crippen molar-refractivity contribution in [2.75, 3.05) is 0 Å². The van der Waals surface area contributed by atoms with E-state index in [-0.39, 0.29) is 11.5 Å². The molecule has 0 saturated heterocycles. The quantitative estimate of drug-likeness (QED) is 0.538. The number of aryl methyl sites for hydroxylation is 1. The normalized spacial score (nSPS) is 11.4. The fourth-order valence-electron chi connectivity index (χ4n) is 1.27. The standard InChI is InChI=1S/C12H14O4/c1-8(12(15)16)3-2-4-9-5-6-10(13)11(14)7-9/h3,5-7,13-14H,2,4H2,1H3,(H,15,16). The summed E-state index contributed by atoms with van der Waals surface area (Å²) in [5, 5.41) is 26.9. The lowest BCUT2D eigenvalue weighted by Gasteiger charge is -2.01. The Hall–Kier alpha value is -1.97. The fourth-order valence-corrected chi connectivity index (χ4v) is 1.27. The minimum absolute atomic E-state index is 0.152. The number of hydrogen-bond acceptors (Lipinski definition) is 3. The second-order valence-corrected chi connectivity index (χ2v) is 3.55. The Labute approximate surface area is 93.5 Å². The number of carboxylic acids is 1. The SMILES string of the molecule is CC(=CCCc1ccc(O)c(O)c1)C(=O)O. The van der Waals surface area contributed by atoms with E-state index in [0.29, 0.717) is 18.4 Å². The molecule has 0 bridgehead atoms. The zero-order valence-corrected chi connectivity index (χ0v) is 8.97. The second kappa shape index (κ2) is 5.21. The molecule has 0 aromatic heterocycles. The van der Waals surface area contributed by atoms with Gasteiger partial charge < -0.3 is 15.3 Å². The first-order valence-corrected chi connectivity index (χ1v) is 4.91. The minimum Gasteiger partial charge on any atom is -0.504 e. The van der Waals surface area contributed by atoms with Crippen LogP contribution >= 0.6 is 0 Å². The number of phenolic OH excluding ortho intramolecular Hbond substituents is 2. The number of rotatable bonds is 4. The summed E-state index contributed by atoms with van der Waals surface area (Å²) in [6, 6.07) is 4.58. The summed E-state index contributed by atoms with van der Waals surface area (Å²) in [6.45, 7) is 1.54. The molecule has 0 saturated carbocycles. The summed E-state index contributed by atoms with van der Waals surface area (Å²) < 4.78 is 0. The van der Waals surface area contributed by atoms with Crippen LogP contribution < -0.4 is 0 Å². The van der Waals surface area contributed by atoms with Crippen molar-refractivity contribution in [2.45, 2.75) is 19.8 Å². The summed E-state index contributed by atoms with van der Waals surface area (Å²) >= 11 is 0. The maximum absolute atomic E-state index is 10.5. The smallest absolute Gasteiger partial charge is 0.330 e. The summed E-state index contributed by atoms with van der Waals surface area (Å²) in [7, 11) is 0. The minimum atomic E-state index is -0.923. The van der Waals surface area contributed by atoms with Gasteiger partial charge in [-0.15, -0.1) is 0 Å². The number of benzene rings is 1. The molecule has 0 atom stereocenters. The van der Waals surface area contributed by atoms with Gasteiger partial charge in [-0.25, -0.2) is 4.79 Å². The van der Waals surface area contributed by atoms with Crippen LogP contribution in [0.25, 0.3) is 0 Å². The molecule has 1 aromatic rings. The number of carboxylic acid groups (broad SMARTS) is 1. The molecular weight excluding hydrogens is 208 g/mol. The van der Waals surface area contributed by atoms with E-state index >= 15 is 0 Å². The Morgan fingerprint density at radius 3 is 2.56 bits per heavy atom. The zero-order chi connectivity index (χ0) is 12.1. The van der Waals surface area contributed by atoms with Crippen molar-refractivity contribution < 1.29 is 20.1 Å². The Morgan fingerprint density at radius 2 is 2.00 bits per heavy atom. The van der Waals surface area contributed by atoms with Crippen LogP contribution in [0.3, 0.4) is 0 Å². The van der Waals surface area contributed by atoms with Crippen molar-refractivity contribution in [1.29, 1.82) is 0 Å². The highest BCUT2D eigenvalue weighted by molar-refractivity contribution is 5.85. The van der Waals surface area contributed by atoms with Crippen LogP contribution in [0.5, 0.6) is 11.5 Å².